The Bertz CT molecular complexity index is 519. The van der Waals surface area contributed by atoms with Crippen LogP contribution in [0.15, 0.2) is 22.9 Å². The van der Waals surface area contributed by atoms with Gasteiger partial charge in [-0.25, -0.2) is 9.78 Å². The van der Waals surface area contributed by atoms with E-state index in [0.29, 0.717) is 0 Å². The van der Waals surface area contributed by atoms with E-state index in [2.05, 4.69) is 20.9 Å². The molecule has 2 aromatic heterocycles. The molecule has 0 atom stereocenters. The molecule has 0 bridgehead atoms. The van der Waals surface area contributed by atoms with Gasteiger partial charge in [-0.1, -0.05) is 0 Å². The third kappa shape index (κ3) is 1.29. The minimum absolute atomic E-state index is 0.0596. The van der Waals surface area contributed by atoms with Gasteiger partial charge in [0.1, 0.15) is 5.69 Å². The number of fused-ring (bicyclic) bond motifs is 1. The maximum atomic E-state index is 10.7. The lowest BCUT2D eigenvalue weighted by Crippen LogP contribution is -1.99. The molecule has 0 unspecified atom stereocenters. The van der Waals surface area contributed by atoms with Crippen molar-refractivity contribution in [2.75, 3.05) is 0 Å². The quantitative estimate of drug-likeness (QED) is 0.848. The number of nitrogens with zero attached hydrogens (tertiary/aromatic N) is 2. The van der Waals surface area contributed by atoms with Crippen molar-refractivity contribution in [3.05, 3.63) is 28.6 Å². The minimum atomic E-state index is -1.01. The number of rotatable bonds is 1. The summed E-state index contributed by atoms with van der Waals surface area (Å²) >= 11 is 3.36. The standard InChI is InChI=1S/C9H7BrN2O2/c1-12-4-6(10)5-2-7(9(13)14)11-3-8(5)12/h2-4H,1H3,(H,13,14). The molecule has 0 aliphatic rings. The Hall–Kier alpha value is -1.36. The van der Waals surface area contributed by atoms with Gasteiger partial charge in [0.25, 0.3) is 0 Å². The lowest BCUT2D eigenvalue weighted by atomic mass is 10.2. The molecule has 0 fully saturated rings. The summed E-state index contributed by atoms with van der Waals surface area (Å²) in [6.07, 6.45) is 3.43. The molecule has 0 spiro atoms. The molecule has 0 amide bonds. The molecule has 4 nitrogen and oxygen atoms in total. The van der Waals surface area contributed by atoms with Crippen molar-refractivity contribution < 1.29 is 9.90 Å². The number of halogens is 1. The molecule has 0 aliphatic heterocycles. The summed E-state index contributed by atoms with van der Waals surface area (Å²) in [6, 6.07) is 1.56. The summed E-state index contributed by atoms with van der Waals surface area (Å²) in [5, 5.41) is 9.62. The third-order valence-electron chi connectivity index (χ3n) is 2.05. The van der Waals surface area contributed by atoms with Gasteiger partial charge in [0.15, 0.2) is 0 Å². The molecule has 0 saturated carbocycles. The van der Waals surface area contributed by atoms with Crippen LogP contribution in [0.2, 0.25) is 0 Å². The Kier molecular flexibility index (Phi) is 2.03. The van der Waals surface area contributed by atoms with Crippen molar-refractivity contribution in [3.63, 3.8) is 0 Å². The third-order valence-corrected chi connectivity index (χ3v) is 2.68. The van der Waals surface area contributed by atoms with Crippen LogP contribution in [0.3, 0.4) is 0 Å². The molecule has 0 radical (unpaired) electrons. The lowest BCUT2D eigenvalue weighted by molar-refractivity contribution is 0.0690. The number of carbonyl (C=O) groups is 1. The van der Waals surface area contributed by atoms with Gasteiger partial charge >= 0.3 is 5.97 Å². The number of hydrogen-bond donors (Lipinski definition) is 1. The zero-order valence-corrected chi connectivity index (χ0v) is 8.95. The molecular formula is C9H7BrN2O2. The molecule has 2 aromatic rings. The fraction of sp³-hybridized carbons (Fsp3) is 0.111. The summed E-state index contributed by atoms with van der Waals surface area (Å²) < 4.78 is 2.76. The maximum Gasteiger partial charge on any atom is 0.354 e. The number of pyridine rings is 1. The molecule has 1 N–H and O–H groups in total. The SMILES string of the molecule is Cn1cc(Br)c2cc(C(=O)O)ncc21. The number of hydrogen-bond acceptors (Lipinski definition) is 2. The van der Waals surface area contributed by atoms with Crippen LogP contribution in [0.4, 0.5) is 0 Å². The lowest BCUT2D eigenvalue weighted by Gasteiger charge is -1.96. The summed E-state index contributed by atoms with van der Waals surface area (Å²) in [7, 11) is 1.88. The second kappa shape index (κ2) is 3.09. The molecule has 0 saturated heterocycles. The zero-order chi connectivity index (χ0) is 10.3. The van der Waals surface area contributed by atoms with Gasteiger partial charge in [-0.05, 0) is 22.0 Å². The largest absolute Gasteiger partial charge is 0.477 e. The Morgan fingerprint density at radius 2 is 2.36 bits per heavy atom. The number of aryl methyl sites for hydroxylation is 1. The van der Waals surface area contributed by atoms with Crippen molar-refractivity contribution in [1.82, 2.24) is 9.55 Å². The van der Waals surface area contributed by atoms with E-state index in [4.69, 9.17) is 5.11 Å². The maximum absolute atomic E-state index is 10.7. The van der Waals surface area contributed by atoms with E-state index in [1.54, 1.807) is 12.3 Å². The Labute approximate surface area is 88.3 Å². The molecule has 2 heterocycles. The van der Waals surface area contributed by atoms with E-state index in [1.807, 2.05) is 17.8 Å². The first-order valence-corrected chi connectivity index (χ1v) is 4.73. The van der Waals surface area contributed by atoms with Crippen LogP contribution < -0.4 is 0 Å². The summed E-state index contributed by atoms with van der Waals surface area (Å²) in [4.78, 5) is 14.5. The van der Waals surface area contributed by atoms with Crippen LogP contribution in [-0.4, -0.2) is 20.6 Å². The fourth-order valence-electron chi connectivity index (χ4n) is 1.35. The molecule has 5 heteroatoms. The highest BCUT2D eigenvalue weighted by atomic mass is 79.9. The van der Waals surface area contributed by atoms with E-state index < -0.39 is 5.97 Å². The van der Waals surface area contributed by atoms with Crippen LogP contribution in [0.5, 0.6) is 0 Å². The van der Waals surface area contributed by atoms with Gasteiger partial charge in [0.05, 0.1) is 11.7 Å². The number of aromatic nitrogens is 2. The van der Waals surface area contributed by atoms with Crippen molar-refractivity contribution in [2.24, 2.45) is 7.05 Å². The van der Waals surface area contributed by atoms with Crippen LogP contribution in [0.1, 0.15) is 10.5 Å². The average molecular weight is 255 g/mol. The highest BCUT2D eigenvalue weighted by molar-refractivity contribution is 9.10. The molecule has 0 aliphatic carbocycles. The van der Waals surface area contributed by atoms with E-state index in [1.165, 1.54) is 0 Å². The molecule has 0 aromatic carbocycles. The fourth-order valence-corrected chi connectivity index (χ4v) is 1.97. The first-order valence-electron chi connectivity index (χ1n) is 3.93. The van der Waals surface area contributed by atoms with Crippen LogP contribution >= 0.6 is 15.9 Å². The molecule has 14 heavy (non-hydrogen) atoms. The first kappa shape index (κ1) is 9.21. The van der Waals surface area contributed by atoms with Crippen LogP contribution in [-0.2, 0) is 7.05 Å². The summed E-state index contributed by atoms with van der Waals surface area (Å²) in [5.74, 6) is -1.01. The number of aromatic carboxylic acids is 1. The second-order valence-corrected chi connectivity index (χ2v) is 3.83. The molecule has 2 rings (SSSR count). The van der Waals surface area contributed by atoms with Gasteiger partial charge in [0.2, 0.25) is 0 Å². The smallest absolute Gasteiger partial charge is 0.354 e. The Balaban J connectivity index is 2.77. The first-order chi connectivity index (χ1) is 6.59. The van der Waals surface area contributed by atoms with Gasteiger partial charge in [-0.15, -0.1) is 0 Å². The second-order valence-electron chi connectivity index (χ2n) is 2.98. The summed E-state index contributed by atoms with van der Waals surface area (Å²) in [6.45, 7) is 0. The van der Waals surface area contributed by atoms with E-state index in [-0.39, 0.29) is 5.69 Å². The predicted molar refractivity (Wildman–Crippen MR) is 55.4 cm³/mol. The number of carboxylic acids is 1. The van der Waals surface area contributed by atoms with Crippen molar-refractivity contribution >= 4 is 32.8 Å². The van der Waals surface area contributed by atoms with Gasteiger partial charge in [-0.3, -0.25) is 0 Å². The van der Waals surface area contributed by atoms with E-state index in [9.17, 15) is 4.79 Å². The molecule has 72 valence electrons. The van der Waals surface area contributed by atoms with E-state index in [0.717, 1.165) is 15.4 Å². The van der Waals surface area contributed by atoms with Crippen molar-refractivity contribution in [2.45, 2.75) is 0 Å². The predicted octanol–water partition coefficient (Wildman–Crippen LogP) is 2.03. The van der Waals surface area contributed by atoms with Crippen LogP contribution in [0.25, 0.3) is 10.9 Å². The zero-order valence-electron chi connectivity index (χ0n) is 7.36. The summed E-state index contributed by atoms with van der Waals surface area (Å²) in [5.41, 5.74) is 0.964. The topological polar surface area (TPSA) is 55.1 Å². The Morgan fingerprint density at radius 3 is 3.00 bits per heavy atom. The Morgan fingerprint density at radius 1 is 1.64 bits per heavy atom. The highest BCUT2D eigenvalue weighted by Crippen LogP contribution is 2.25. The van der Waals surface area contributed by atoms with E-state index >= 15 is 0 Å². The highest BCUT2D eigenvalue weighted by Gasteiger charge is 2.09. The minimum Gasteiger partial charge on any atom is -0.477 e. The van der Waals surface area contributed by atoms with Gasteiger partial charge in [0, 0.05) is 23.1 Å². The van der Waals surface area contributed by atoms with Gasteiger partial charge in [-0.2, -0.15) is 0 Å². The van der Waals surface area contributed by atoms with Gasteiger partial charge < -0.3 is 9.67 Å². The monoisotopic (exact) mass is 254 g/mol. The number of carboxylic acid groups (broad SMARTS) is 1. The average Bonchev–Trinajstić information content (AvgIpc) is 2.42. The molecular weight excluding hydrogens is 248 g/mol. The normalized spacial score (nSPS) is 10.7. The van der Waals surface area contributed by atoms with Crippen molar-refractivity contribution in [3.8, 4) is 0 Å². The van der Waals surface area contributed by atoms with Crippen molar-refractivity contribution in [1.29, 1.82) is 0 Å². The van der Waals surface area contributed by atoms with Crippen LogP contribution in [0, 0.1) is 0 Å².